The molecule has 0 aromatic carbocycles. The van der Waals surface area contributed by atoms with Gasteiger partial charge in [-0.2, -0.15) is 5.26 Å². The summed E-state index contributed by atoms with van der Waals surface area (Å²) in [6.07, 6.45) is 13.4. The second kappa shape index (κ2) is 8.92. The maximum Gasteiger partial charge on any atom is 0.178 e. The normalized spacial score (nSPS) is 31.6. The number of rotatable bonds is 5. The quantitative estimate of drug-likeness (QED) is 0.426. The van der Waals surface area contributed by atoms with E-state index in [0.717, 1.165) is 30.8 Å². The van der Waals surface area contributed by atoms with Crippen molar-refractivity contribution in [1.82, 2.24) is 0 Å². The number of nitrogens with zero attached hydrogens (tertiary/aromatic N) is 1. The first-order valence-electron chi connectivity index (χ1n) is 12.7. The van der Waals surface area contributed by atoms with E-state index in [4.69, 9.17) is 0 Å². The number of ketones is 2. The highest BCUT2D eigenvalue weighted by Crippen LogP contribution is 2.56. The number of allylic oxidation sites excluding steroid dienone is 4. The van der Waals surface area contributed by atoms with Crippen molar-refractivity contribution >= 4 is 11.6 Å². The van der Waals surface area contributed by atoms with Crippen LogP contribution in [0.5, 0.6) is 0 Å². The molecule has 2 saturated carbocycles. The zero-order chi connectivity index (χ0) is 23.9. The Bertz CT molecular complexity index is 854. The van der Waals surface area contributed by atoms with Crippen molar-refractivity contribution in [1.29, 1.82) is 5.26 Å². The first-order chi connectivity index (χ1) is 14.8. The molecular formula is C29H43NO2. The lowest BCUT2D eigenvalue weighted by molar-refractivity contribution is -0.128. The fourth-order valence-electron chi connectivity index (χ4n) is 6.81. The Morgan fingerprint density at radius 2 is 1.78 bits per heavy atom. The van der Waals surface area contributed by atoms with Gasteiger partial charge < -0.3 is 0 Å². The van der Waals surface area contributed by atoms with Crippen LogP contribution in [0, 0.1) is 51.2 Å². The Labute approximate surface area is 195 Å². The first-order valence-corrected chi connectivity index (χ1v) is 12.7. The third-order valence-electron chi connectivity index (χ3n) is 9.18. The molecule has 3 heteroatoms. The minimum atomic E-state index is -0.565. The minimum Gasteiger partial charge on any atom is -0.295 e. The Morgan fingerprint density at radius 3 is 2.34 bits per heavy atom. The third-order valence-corrected chi connectivity index (χ3v) is 9.18. The Morgan fingerprint density at radius 1 is 1.16 bits per heavy atom. The van der Waals surface area contributed by atoms with Crippen LogP contribution in [0.1, 0.15) is 99.8 Å². The zero-order valence-corrected chi connectivity index (χ0v) is 21.4. The highest BCUT2D eigenvalue weighted by Gasteiger charge is 2.51. The SMILES string of the molecule is CC(=O)/C=C1/C2C=C(C#N)C(=O)C(C)(C)C2CCC1C(C)(C)CCC1CCC(C)(C)CC1. The van der Waals surface area contributed by atoms with E-state index in [0.29, 0.717) is 11.3 Å². The number of fused-ring (bicyclic) bond motifs is 1. The summed E-state index contributed by atoms with van der Waals surface area (Å²) in [5.41, 5.74) is 1.46. The summed E-state index contributed by atoms with van der Waals surface area (Å²) >= 11 is 0. The van der Waals surface area contributed by atoms with E-state index in [1.165, 1.54) is 32.1 Å². The Hall–Kier alpha value is -1.69. The number of carbonyl (C=O) groups is 2. The molecule has 32 heavy (non-hydrogen) atoms. The second-order valence-electron chi connectivity index (χ2n) is 12.9. The molecule has 0 heterocycles. The molecule has 3 unspecified atom stereocenters. The largest absolute Gasteiger partial charge is 0.295 e. The van der Waals surface area contributed by atoms with Crippen LogP contribution in [-0.2, 0) is 9.59 Å². The van der Waals surface area contributed by atoms with Gasteiger partial charge in [-0.05, 0) is 93.0 Å². The smallest absolute Gasteiger partial charge is 0.178 e. The Balaban J connectivity index is 1.85. The van der Waals surface area contributed by atoms with Crippen molar-refractivity contribution in [2.75, 3.05) is 0 Å². The maximum absolute atomic E-state index is 12.9. The summed E-state index contributed by atoms with van der Waals surface area (Å²) in [7, 11) is 0. The summed E-state index contributed by atoms with van der Waals surface area (Å²) in [4.78, 5) is 25.2. The molecule has 0 aromatic heterocycles. The summed E-state index contributed by atoms with van der Waals surface area (Å²) in [5, 5.41) is 9.62. The van der Waals surface area contributed by atoms with Crippen molar-refractivity contribution in [2.24, 2.45) is 39.9 Å². The molecule has 0 bridgehead atoms. The molecule has 2 fully saturated rings. The molecule has 3 aliphatic carbocycles. The van der Waals surface area contributed by atoms with Crippen molar-refractivity contribution < 1.29 is 9.59 Å². The maximum atomic E-state index is 12.9. The van der Waals surface area contributed by atoms with Crippen molar-refractivity contribution in [3.8, 4) is 6.07 Å². The third kappa shape index (κ3) is 4.95. The topological polar surface area (TPSA) is 57.9 Å². The van der Waals surface area contributed by atoms with Gasteiger partial charge in [0.2, 0.25) is 0 Å². The fraction of sp³-hybridized carbons (Fsp3) is 0.759. The van der Waals surface area contributed by atoms with Crippen LogP contribution in [0.15, 0.2) is 23.3 Å². The lowest BCUT2D eigenvalue weighted by Crippen LogP contribution is -2.47. The van der Waals surface area contributed by atoms with Gasteiger partial charge in [0.25, 0.3) is 0 Å². The van der Waals surface area contributed by atoms with E-state index < -0.39 is 5.41 Å². The minimum absolute atomic E-state index is 0.00903. The van der Waals surface area contributed by atoms with Gasteiger partial charge in [0.15, 0.2) is 11.6 Å². The van der Waals surface area contributed by atoms with Gasteiger partial charge in [-0.3, -0.25) is 9.59 Å². The number of carbonyl (C=O) groups excluding carboxylic acids is 2. The standard InChI is InChI=1S/C29H43NO2/c1-19(31)16-22-23-17-21(18-30)26(32)29(6,7)25(23)9-8-24(22)28(4,5)15-12-20-10-13-27(2,3)14-11-20/h16-17,20,23-25H,8-15H2,1-7H3/b22-16-. The number of Topliss-reactive ketones (excluding diaryl/α,β-unsaturated/α-hetero) is 1. The molecule has 0 spiro atoms. The lowest BCUT2D eigenvalue weighted by Gasteiger charge is -2.51. The fourth-order valence-corrected chi connectivity index (χ4v) is 6.81. The van der Waals surface area contributed by atoms with E-state index in [-0.39, 0.29) is 34.4 Å². The highest BCUT2D eigenvalue weighted by molar-refractivity contribution is 6.04. The molecule has 0 N–H and O–H groups in total. The van der Waals surface area contributed by atoms with Crippen molar-refractivity contribution in [3.05, 3.63) is 23.3 Å². The van der Waals surface area contributed by atoms with Crippen LogP contribution in [0.25, 0.3) is 0 Å². The van der Waals surface area contributed by atoms with Gasteiger partial charge in [0.05, 0.1) is 5.57 Å². The van der Waals surface area contributed by atoms with E-state index >= 15 is 0 Å². The van der Waals surface area contributed by atoms with Crippen LogP contribution in [0.4, 0.5) is 0 Å². The molecule has 0 amide bonds. The average molecular weight is 438 g/mol. The second-order valence-corrected chi connectivity index (χ2v) is 12.9. The predicted octanol–water partition coefficient (Wildman–Crippen LogP) is 7.23. The molecule has 0 aliphatic heterocycles. The zero-order valence-electron chi connectivity index (χ0n) is 21.4. The summed E-state index contributed by atoms with van der Waals surface area (Å²) in [5.74, 6) is 1.32. The van der Waals surface area contributed by atoms with Gasteiger partial charge in [-0.25, -0.2) is 0 Å². The molecule has 176 valence electrons. The molecule has 3 nitrogen and oxygen atoms in total. The number of hydrogen-bond acceptors (Lipinski definition) is 3. The van der Waals surface area contributed by atoms with Crippen LogP contribution in [0.3, 0.4) is 0 Å². The summed E-state index contributed by atoms with van der Waals surface area (Å²) < 4.78 is 0. The summed E-state index contributed by atoms with van der Waals surface area (Å²) in [6, 6.07) is 2.14. The summed E-state index contributed by atoms with van der Waals surface area (Å²) in [6.45, 7) is 15.1. The van der Waals surface area contributed by atoms with E-state index in [1.54, 1.807) is 6.92 Å². The molecule has 0 radical (unpaired) electrons. The number of nitriles is 1. The van der Waals surface area contributed by atoms with Gasteiger partial charge in [-0.15, -0.1) is 0 Å². The van der Waals surface area contributed by atoms with Crippen LogP contribution >= 0.6 is 0 Å². The molecule has 0 saturated heterocycles. The van der Waals surface area contributed by atoms with Gasteiger partial charge >= 0.3 is 0 Å². The van der Waals surface area contributed by atoms with Crippen LogP contribution < -0.4 is 0 Å². The van der Waals surface area contributed by atoms with Gasteiger partial charge in [0.1, 0.15) is 6.07 Å². The molecule has 3 aliphatic rings. The lowest BCUT2D eigenvalue weighted by atomic mass is 9.52. The first kappa shape index (κ1) is 24.9. The van der Waals surface area contributed by atoms with Crippen molar-refractivity contribution in [2.45, 2.75) is 99.8 Å². The molecule has 3 rings (SSSR count). The highest BCUT2D eigenvalue weighted by atomic mass is 16.1. The molecular weight excluding hydrogens is 394 g/mol. The van der Waals surface area contributed by atoms with Crippen LogP contribution in [0.2, 0.25) is 0 Å². The Kier molecular flexibility index (Phi) is 6.95. The van der Waals surface area contributed by atoms with E-state index in [9.17, 15) is 14.9 Å². The van der Waals surface area contributed by atoms with Crippen molar-refractivity contribution in [3.63, 3.8) is 0 Å². The molecule has 3 atom stereocenters. The monoisotopic (exact) mass is 437 g/mol. The van der Waals surface area contributed by atoms with Gasteiger partial charge in [-0.1, -0.05) is 53.2 Å². The average Bonchev–Trinajstić information content (AvgIpc) is 2.69. The van der Waals surface area contributed by atoms with Gasteiger partial charge in [0, 0.05) is 11.3 Å². The van der Waals surface area contributed by atoms with E-state index in [1.807, 2.05) is 26.0 Å². The predicted molar refractivity (Wildman–Crippen MR) is 130 cm³/mol. The number of hydrogen-bond donors (Lipinski definition) is 0. The van der Waals surface area contributed by atoms with Crippen LogP contribution in [-0.4, -0.2) is 11.6 Å². The van der Waals surface area contributed by atoms with E-state index in [2.05, 4.69) is 33.8 Å². The molecule has 0 aromatic rings.